The molecule has 0 aromatic heterocycles. The summed E-state index contributed by atoms with van der Waals surface area (Å²) in [7, 11) is -2.72. The van der Waals surface area contributed by atoms with Gasteiger partial charge in [0.05, 0.1) is 11.0 Å². The molecule has 2 rings (SSSR count). The Balaban J connectivity index is 2.26. The van der Waals surface area contributed by atoms with Gasteiger partial charge in [-0.25, -0.2) is 8.42 Å². The SMILES string of the molecule is O=S1(=O)CCN[C@@H]2CCC[C@@H]21. The van der Waals surface area contributed by atoms with Crippen molar-refractivity contribution in [2.75, 3.05) is 12.3 Å². The topological polar surface area (TPSA) is 46.2 Å². The van der Waals surface area contributed by atoms with Crippen molar-refractivity contribution in [2.45, 2.75) is 30.6 Å². The molecule has 0 spiro atoms. The van der Waals surface area contributed by atoms with Gasteiger partial charge in [0.25, 0.3) is 0 Å². The predicted octanol–water partition coefficient (Wildman–Crippen LogP) is -0.0745. The molecule has 2 fully saturated rings. The fourth-order valence-electron chi connectivity index (χ4n) is 2.13. The second-order valence-electron chi connectivity index (χ2n) is 3.40. The lowest BCUT2D eigenvalue weighted by molar-refractivity contribution is 0.491. The number of nitrogens with one attached hydrogen (secondary N) is 1. The first-order valence-electron chi connectivity index (χ1n) is 4.15. The average molecular weight is 175 g/mol. The maximum Gasteiger partial charge on any atom is 0.155 e. The van der Waals surface area contributed by atoms with Gasteiger partial charge in [-0.2, -0.15) is 0 Å². The number of sulfone groups is 1. The minimum Gasteiger partial charge on any atom is -0.312 e. The summed E-state index contributed by atoms with van der Waals surface area (Å²) in [6.07, 6.45) is 2.99. The highest BCUT2D eigenvalue weighted by Crippen LogP contribution is 2.27. The third-order valence-corrected chi connectivity index (χ3v) is 4.97. The van der Waals surface area contributed by atoms with Gasteiger partial charge in [-0.1, -0.05) is 6.42 Å². The van der Waals surface area contributed by atoms with Crippen LogP contribution in [0.5, 0.6) is 0 Å². The Morgan fingerprint density at radius 3 is 2.82 bits per heavy atom. The van der Waals surface area contributed by atoms with Gasteiger partial charge < -0.3 is 5.32 Å². The summed E-state index contributed by atoms with van der Waals surface area (Å²) in [5, 5.41) is 3.20. The zero-order chi connectivity index (χ0) is 7.90. The fourth-order valence-corrected chi connectivity index (χ4v) is 4.09. The Hall–Kier alpha value is -0.0900. The lowest BCUT2D eigenvalue weighted by Gasteiger charge is -2.26. The predicted molar refractivity (Wildman–Crippen MR) is 43.2 cm³/mol. The van der Waals surface area contributed by atoms with Crippen molar-refractivity contribution in [2.24, 2.45) is 0 Å². The van der Waals surface area contributed by atoms with E-state index in [9.17, 15) is 8.42 Å². The molecular weight excluding hydrogens is 162 g/mol. The molecule has 3 nitrogen and oxygen atoms in total. The van der Waals surface area contributed by atoms with Crippen LogP contribution in [0.15, 0.2) is 0 Å². The van der Waals surface area contributed by atoms with Crippen molar-refractivity contribution >= 4 is 9.84 Å². The van der Waals surface area contributed by atoms with E-state index in [2.05, 4.69) is 5.32 Å². The van der Waals surface area contributed by atoms with Crippen LogP contribution in [0.1, 0.15) is 19.3 Å². The van der Waals surface area contributed by atoms with Gasteiger partial charge in [0.15, 0.2) is 9.84 Å². The molecule has 1 N–H and O–H groups in total. The first-order chi connectivity index (χ1) is 5.20. The van der Waals surface area contributed by atoms with Crippen LogP contribution in [0, 0.1) is 0 Å². The molecule has 11 heavy (non-hydrogen) atoms. The van der Waals surface area contributed by atoms with Gasteiger partial charge in [0, 0.05) is 12.6 Å². The minimum atomic E-state index is -2.72. The molecule has 1 heterocycles. The summed E-state index contributed by atoms with van der Waals surface area (Å²) < 4.78 is 22.8. The molecule has 0 aromatic rings. The van der Waals surface area contributed by atoms with Gasteiger partial charge in [-0.3, -0.25) is 0 Å². The Kier molecular flexibility index (Phi) is 1.68. The maximum absolute atomic E-state index is 11.4. The van der Waals surface area contributed by atoms with Gasteiger partial charge >= 0.3 is 0 Å². The van der Waals surface area contributed by atoms with Crippen molar-refractivity contribution in [3.63, 3.8) is 0 Å². The van der Waals surface area contributed by atoms with E-state index in [1.165, 1.54) is 0 Å². The van der Waals surface area contributed by atoms with Crippen LogP contribution in [0.25, 0.3) is 0 Å². The first-order valence-corrected chi connectivity index (χ1v) is 5.87. The highest BCUT2D eigenvalue weighted by molar-refractivity contribution is 7.92. The maximum atomic E-state index is 11.4. The van der Waals surface area contributed by atoms with E-state index in [0.717, 1.165) is 19.3 Å². The number of rotatable bonds is 0. The van der Waals surface area contributed by atoms with E-state index >= 15 is 0 Å². The lowest BCUT2D eigenvalue weighted by atomic mass is 10.2. The quantitative estimate of drug-likeness (QED) is 0.560. The van der Waals surface area contributed by atoms with Gasteiger partial charge in [0.1, 0.15) is 0 Å². The lowest BCUT2D eigenvalue weighted by Crippen LogP contribution is -2.49. The van der Waals surface area contributed by atoms with Crippen LogP contribution in [-0.4, -0.2) is 32.0 Å². The molecule has 1 saturated heterocycles. The molecule has 2 atom stereocenters. The second kappa shape index (κ2) is 2.45. The van der Waals surface area contributed by atoms with E-state index in [-0.39, 0.29) is 11.3 Å². The zero-order valence-corrected chi connectivity index (χ0v) is 7.23. The molecule has 0 amide bonds. The Morgan fingerprint density at radius 2 is 2.09 bits per heavy atom. The van der Waals surface area contributed by atoms with E-state index in [1.54, 1.807) is 0 Å². The average Bonchev–Trinajstić information content (AvgIpc) is 2.34. The third-order valence-electron chi connectivity index (χ3n) is 2.71. The standard InChI is InChI=1S/C7H13NO2S/c9-11(10)5-4-8-6-2-1-3-7(6)11/h6-8H,1-5H2/t6-,7+/m1/s1. The molecule has 4 heteroatoms. The summed E-state index contributed by atoms with van der Waals surface area (Å²) >= 11 is 0. The molecule has 0 radical (unpaired) electrons. The molecule has 1 aliphatic heterocycles. The van der Waals surface area contributed by atoms with E-state index in [1.807, 2.05) is 0 Å². The van der Waals surface area contributed by atoms with Crippen molar-refractivity contribution < 1.29 is 8.42 Å². The Bertz CT molecular complexity index is 247. The molecule has 64 valence electrons. The highest BCUT2D eigenvalue weighted by atomic mass is 32.2. The fraction of sp³-hybridized carbons (Fsp3) is 1.00. The smallest absolute Gasteiger partial charge is 0.155 e. The molecule has 1 saturated carbocycles. The Morgan fingerprint density at radius 1 is 1.27 bits per heavy atom. The van der Waals surface area contributed by atoms with Gasteiger partial charge in [-0.05, 0) is 12.8 Å². The van der Waals surface area contributed by atoms with Crippen molar-refractivity contribution in [3.8, 4) is 0 Å². The largest absolute Gasteiger partial charge is 0.312 e. The second-order valence-corrected chi connectivity index (χ2v) is 5.74. The summed E-state index contributed by atoms with van der Waals surface area (Å²) in [5.74, 6) is 0.341. The van der Waals surface area contributed by atoms with Crippen LogP contribution in [0.3, 0.4) is 0 Å². The summed E-state index contributed by atoms with van der Waals surface area (Å²) in [6, 6.07) is 0.272. The highest BCUT2D eigenvalue weighted by Gasteiger charge is 2.39. The van der Waals surface area contributed by atoms with Crippen molar-refractivity contribution in [1.29, 1.82) is 0 Å². The molecule has 0 aromatic carbocycles. The van der Waals surface area contributed by atoms with E-state index in [0.29, 0.717) is 12.3 Å². The number of fused-ring (bicyclic) bond motifs is 1. The Labute approximate surface area is 67.1 Å². The van der Waals surface area contributed by atoms with Crippen LogP contribution in [0.4, 0.5) is 0 Å². The van der Waals surface area contributed by atoms with Crippen LogP contribution in [-0.2, 0) is 9.84 Å². The molecule has 1 aliphatic carbocycles. The zero-order valence-electron chi connectivity index (χ0n) is 6.41. The van der Waals surface area contributed by atoms with Gasteiger partial charge in [0.2, 0.25) is 0 Å². The van der Waals surface area contributed by atoms with Crippen molar-refractivity contribution in [3.05, 3.63) is 0 Å². The van der Waals surface area contributed by atoms with Crippen molar-refractivity contribution in [1.82, 2.24) is 5.32 Å². The van der Waals surface area contributed by atoms with Crippen LogP contribution in [0.2, 0.25) is 0 Å². The summed E-state index contributed by atoms with van der Waals surface area (Å²) in [6.45, 7) is 0.656. The summed E-state index contributed by atoms with van der Waals surface area (Å²) in [5.41, 5.74) is 0. The number of hydrogen-bond donors (Lipinski definition) is 1. The molecular formula is C7H13NO2S. The molecule has 0 unspecified atom stereocenters. The molecule has 2 aliphatic rings. The number of hydrogen-bond acceptors (Lipinski definition) is 3. The minimum absolute atomic E-state index is 0.0590. The van der Waals surface area contributed by atoms with E-state index < -0.39 is 9.84 Å². The molecule has 0 bridgehead atoms. The normalized spacial score (nSPS) is 41.8. The third kappa shape index (κ3) is 1.18. The van der Waals surface area contributed by atoms with Crippen LogP contribution < -0.4 is 5.32 Å². The monoisotopic (exact) mass is 175 g/mol. The summed E-state index contributed by atoms with van der Waals surface area (Å²) in [4.78, 5) is 0. The van der Waals surface area contributed by atoms with E-state index in [4.69, 9.17) is 0 Å². The van der Waals surface area contributed by atoms with Crippen LogP contribution >= 0.6 is 0 Å². The first kappa shape index (κ1) is 7.55. The van der Waals surface area contributed by atoms with Gasteiger partial charge in [-0.15, -0.1) is 0 Å².